The summed E-state index contributed by atoms with van der Waals surface area (Å²) in [5.41, 5.74) is 7.29. The number of amides is 1. The molecule has 0 spiro atoms. The van der Waals surface area contributed by atoms with Gasteiger partial charge in [0.15, 0.2) is 0 Å². The summed E-state index contributed by atoms with van der Waals surface area (Å²) in [5, 5.41) is 2.88. The Bertz CT molecular complexity index is 476. The van der Waals surface area contributed by atoms with Crippen molar-refractivity contribution in [2.45, 2.75) is 32.4 Å². The van der Waals surface area contributed by atoms with Gasteiger partial charge in [0.05, 0.1) is 5.69 Å². The molecule has 4 nitrogen and oxygen atoms in total. The second-order valence-corrected chi connectivity index (χ2v) is 5.10. The molecule has 19 heavy (non-hydrogen) atoms. The van der Waals surface area contributed by atoms with Crippen LogP contribution in [0, 0.1) is 5.82 Å². The van der Waals surface area contributed by atoms with Crippen molar-refractivity contribution in [2.75, 3.05) is 18.0 Å². The van der Waals surface area contributed by atoms with Gasteiger partial charge >= 0.3 is 0 Å². The number of hydrogen-bond acceptors (Lipinski definition) is 3. The highest BCUT2D eigenvalue weighted by Crippen LogP contribution is 2.30. The van der Waals surface area contributed by atoms with Crippen molar-refractivity contribution in [3.8, 4) is 0 Å². The van der Waals surface area contributed by atoms with E-state index in [1.54, 1.807) is 6.07 Å². The standard InChI is InChI=1S/C14H20FN3O/c1-9(16)12-4-3-5-13(15)14(12)18-7-6-11(8-18)17-10(2)19/h3-5,9,11H,6-8,16H2,1-2H3,(H,17,19)/t9-,11?/m1/s1. The zero-order valence-electron chi connectivity index (χ0n) is 11.3. The zero-order valence-corrected chi connectivity index (χ0v) is 11.3. The van der Waals surface area contributed by atoms with E-state index >= 15 is 0 Å². The first-order chi connectivity index (χ1) is 8.99. The number of rotatable bonds is 3. The van der Waals surface area contributed by atoms with Crippen molar-refractivity contribution in [3.05, 3.63) is 29.6 Å². The van der Waals surface area contributed by atoms with Crippen molar-refractivity contribution in [2.24, 2.45) is 5.73 Å². The molecule has 1 aliphatic heterocycles. The molecule has 0 aromatic heterocycles. The summed E-state index contributed by atoms with van der Waals surface area (Å²) in [6.45, 7) is 4.70. The van der Waals surface area contributed by atoms with Crippen LogP contribution in [0.5, 0.6) is 0 Å². The molecule has 5 heteroatoms. The number of nitrogens with two attached hydrogens (primary N) is 1. The lowest BCUT2D eigenvalue weighted by molar-refractivity contribution is -0.119. The van der Waals surface area contributed by atoms with Crippen molar-refractivity contribution < 1.29 is 9.18 Å². The van der Waals surface area contributed by atoms with Crippen LogP contribution >= 0.6 is 0 Å². The highest BCUT2D eigenvalue weighted by molar-refractivity contribution is 5.73. The molecule has 1 unspecified atom stereocenters. The molecule has 0 saturated carbocycles. The molecule has 1 fully saturated rings. The van der Waals surface area contributed by atoms with Crippen LogP contribution in [0.15, 0.2) is 18.2 Å². The summed E-state index contributed by atoms with van der Waals surface area (Å²) in [6.07, 6.45) is 0.826. The van der Waals surface area contributed by atoms with Crippen molar-refractivity contribution in [1.82, 2.24) is 5.32 Å². The fourth-order valence-corrected chi connectivity index (χ4v) is 2.60. The maximum atomic E-state index is 14.1. The number of carbonyl (C=O) groups excluding carboxylic acids is 1. The molecular formula is C14H20FN3O. The van der Waals surface area contributed by atoms with E-state index in [-0.39, 0.29) is 23.8 Å². The van der Waals surface area contributed by atoms with Gasteiger partial charge in [-0.1, -0.05) is 12.1 Å². The van der Waals surface area contributed by atoms with Gasteiger partial charge in [0, 0.05) is 32.1 Å². The van der Waals surface area contributed by atoms with Crippen LogP contribution in [-0.4, -0.2) is 25.0 Å². The van der Waals surface area contributed by atoms with E-state index in [1.807, 2.05) is 17.9 Å². The lowest BCUT2D eigenvalue weighted by atomic mass is 10.1. The van der Waals surface area contributed by atoms with Gasteiger partial charge in [0.25, 0.3) is 0 Å². The molecule has 0 radical (unpaired) electrons. The molecule has 104 valence electrons. The minimum Gasteiger partial charge on any atom is -0.367 e. The number of anilines is 1. The fraction of sp³-hybridized carbons (Fsp3) is 0.500. The monoisotopic (exact) mass is 265 g/mol. The molecule has 0 bridgehead atoms. The van der Waals surface area contributed by atoms with E-state index in [0.717, 1.165) is 18.5 Å². The Morgan fingerprint density at radius 2 is 2.32 bits per heavy atom. The number of para-hydroxylation sites is 1. The highest BCUT2D eigenvalue weighted by Gasteiger charge is 2.27. The van der Waals surface area contributed by atoms with Crippen molar-refractivity contribution in [3.63, 3.8) is 0 Å². The van der Waals surface area contributed by atoms with Crippen LogP contribution in [0.25, 0.3) is 0 Å². The third kappa shape index (κ3) is 3.04. The van der Waals surface area contributed by atoms with Gasteiger partial charge in [0.1, 0.15) is 5.82 Å². The van der Waals surface area contributed by atoms with E-state index in [2.05, 4.69) is 5.32 Å². The fourth-order valence-electron chi connectivity index (χ4n) is 2.60. The minimum absolute atomic E-state index is 0.0483. The molecule has 1 aliphatic rings. The SMILES string of the molecule is CC(=O)NC1CCN(c2c(F)cccc2[C@@H](C)N)C1. The number of carbonyl (C=O) groups is 1. The van der Waals surface area contributed by atoms with Gasteiger partial charge in [-0.3, -0.25) is 4.79 Å². The first-order valence-corrected chi connectivity index (χ1v) is 6.55. The van der Waals surface area contributed by atoms with Gasteiger partial charge < -0.3 is 16.0 Å². The first-order valence-electron chi connectivity index (χ1n) is 6.55. The number of nitrogens with zero attached hydrogens (tertiary/aromatic N) is 1. The Labute approximate surface area is 112 Å². The summed E-state index contributed by atoms with van der Waals surface area (Å²) in [6, 6.07) is 4.85. The lowest BCUT2D eigenvalue weighted by Crippen LogP contribution is -2.36. The predicted molar refractivity (Wildman–Crippen MR) is 73.4 cm³/mol. The minimum atomic E-state index is -0.252. The number of nitrogens with one attached hydrogen (secondary N) is 1. The highest BCUT2D eigenvalue weighted by atomic mass is 19.1. The Balaban J connectivity index is 2.21. The predicted octanol–water partition coefficient (Wildman–Crippen LogP) is 1.56. The van der Waals surface area contributed by atoms with Gasteiger partial charge in [-0.2, -0.15) is 0 Å². The van der Waals surface area contributed by atoms with Crippen LogP contribution in [0.1, 0.15) is 31.9 Å². The second kappa shape index (κ2) is 5.57. The summed E-state index contributed by atoms with van der Waals surface area (Å²) in [4.78, 5) is 13.0. The molecule has 1 heterocycles. The van der Waals surface area contributed by atoms with Crippen LogP contribution in [0.4, 0.5) is 10.1 Å². The Morgan fingerprint density at radius 1 is 1.58 bits per heavy atom. The van der Waals surface area contributed by atoms with Gasteiger partial charge in [-0.25, -0.2) is 4.39 Å². The molecule has 1 aromatic rings. The van der Waals surface area contributed by atoms with E-state index in [0.29, 0.717) is 12.2 Å². The summed E-state index contributed by atoms with van der Waals surface area (Å²) < 4.78 is 14.1. The Hall–Kier alpha value is -1.62. The van der Waals surface area contributed by atoms with Crippen molar-refractivity contribution >= 4 is 11.6 Å². The van der Waals surface area contributed by atoms with E-state index in [1.165, 1.54) is 13.0 Å². The largest absolute Gasteiger partial charge is 0.367 e. The Kier molecular flexibility index (Phi) is 4.04. The number of hydrogen-bond donors (Lipinski definition) is 2. The maximum absolute atomic E-state index is 14.1. The average molecular weight is 265 g/mol. The van der Waals surface area contributed by atoms with Gasteiger partial charge in [-0.15, -0.1) is 0 Å². The van der Waals surface area contributed by atoms with Gasteiger partial charge in [0.2, 0.25) is 5.91 Å². The van der Waals surface area contributed by atoms with E-state index in [4.69, 9.17) is 5.73 Å². The second-order valence-electron chi connectivity index (χ2n) is 5.10. The van der Waals surface area contributed by atoms with E-state index in [9.17, 15) is 9.18 Å². The maximum Gasteiger partial charge on any atom is 0.217 e. The third-order valence-corrected chi connectivity index (χ3v) is 3.42. The Morgan fingerprint density at radius 3 is 2.95 bits per heavy atom. The average Bonchev–Trinajstić information content (AvgIpc) is 2.75. The summed E-state index contributed by atoms with van der Waals surface area (Å²) >= 11 is 0. The molecular weight excluding hydrogens is 245 g/mol. The van der Waals surface area contributed by atoms with Crippen LogP contribution in [0.2, 0.25) is 0 Å². The summed E-state index contributed by atoms with van der Waals surface area (Å²) in [7, 11) is 0. The molecule has 2 atom stereocenters. The number of halogens is 1. The quantitative estimate of drug-likeness (QED) is 0.872. The van der Waals surface area contributed by atoms with Gasteiger partial charge in [-0.05, 0) is 25.0 Å². The normalized spacial score (nSPS) is 20.4. The molecule has 1 aromatic carbocycles. The smallest absolute Gasteiger partial charge is 0.217 e. The van der Waals surface area contributed by atoms with Crippen LogP contribution < -0.4 is 16.0 Å². The van der Waals surface area contributed by atoms with Crippen LogP contribution in [-0.2, 0) is 4.79 Å². The molecule has 0 aliphatic carbocycles. The lowest BCUT2D eigenvalue weighted by Gasteiger charge is -2.24. The van der Waals surface area contributed by atoms with Crippen LogP contribution in [0.3, 0.4) is 0 Å². The van der Waals surface area contributed by atoms with E-state index < -0.39 is 0 Å². The number of benzene rings is 1. The first kappa shape index (κ1) is 13.8. The molecule has 1 saturated heterocycles. The molecule has 2 rings (SSSR count). The third-order valence-electron chi connectivity index (χ3n) is 3.42. The molecule has 1 amide bonds. The summed E-state index contributed by atoms with van der Waals surface area (Å²) in [5.74, 6) is -0.300. The topological polar surface area (TPSA) is 58.4 Å². The zero-order chi connectivity index (χ0) is 14.0. The van der Waals surface area contributed by atoms with Crippen molar-refractivity contribution in [1.29, 1.82) is 0 Å². The molecule has 3 N–H and O–H groups in total.